The van der Waals surface area contributed by atoms with Crippen LogP contribution >= 0.6 is 0 Å². The molecule has 0 heterocycles. The second kappa shape index (κ2) is 5.78. The van der Waals surface area contributed by atoms with Crippen LogP contribution < -0.4 is 0 Å². The molecule has 1 aliphatic rings. The van der Waals surface area contributed by atoms with E-state index in [2.05, 4.69) is 0 Å². The van der Waals surface area contributed by atoms with Gasteiger partial charge < -0.3 is 0 Å². The van der Waals surface area contributed by atoms with Crippen LogP contribution in [0.4, 0.5) is 8.78 Å². The highest BCUT2D eigenvalue weighted by Crippen LogP contribution is 2.27. The normalized spacial score (nSPS) is 17.3. The van der Waals surface area contributed by atoms with Crippen molar-refractivity contribution in [2.75, 3.05) is 13.6 Å². The topological polar surface area (TPSA) is 20.3 Å². The smallest absolute Gasteiger partial charge is 0.182 e. The zero-order valence-corrected chi connectivity index (χ0v) is 11.3. The van der Waals surface area contributed by atoms with Crippen molar-refractivity contribution < 1.29 is 13.6 Å². The number of nitrogens with zero attached hydrogens (tertiary/aromatic N) is 1. The van der Waals surface area contributed by atoms with Crippen LogP contribution in [0.1, 0.15) is 36.5 Å². The van der Waals surface area contributed by atoms with Gasteiger partial charge in [0.1, 0.15) is 11.6 Å². The summed E-state index contributed by atoms with van der Waals surface area (Å²) in [7, 11) is 1.88. The van der Waals surface area contributed by atoms with E-state index in [9.17, 15) is 13.6 Å². The van der Waals surface area contributed by atoms with Gasteiger partial charge in [0, 0.05) is 12.6 Å². The van der Waals surface area contributed by atoms with Gasteiger partial charge in [0.15, 0.2) is 5.78 Å². The van der Waals surface area contributed by atoms with E-state index in [1.807, 2.05) is 11.9 Å². The second-order valence-electron chi connectivity index (χ2n) is 5.40. The number of hydrogen-bond acceptors (Lipinski definition) is 2. The molecule has 0 amide bonds. The summed E-state index contributed by atoms with van der Waals surface area (Å²) in [5.74, 6) is -1.09. The maximum absolute atomic E-state index is 13.6. The molecule has 1 unspecified atom stereocenters. The fraction of sp³-hybridized carbons (Fsp3) is 0.533. The van der Waals surface area contributed by atoms with Crippen molar-refractivity contribution >= 4 is 5.78 Å². The van der Waals surface area contributed by atoms with Gasteiger partial charge in [-0.2, -0.15) is 0 Å². The first-order chi connectivity index (χ1) is 8.99. The SMILES string of the molecule is CC(C(=O)c1ccc(F)cc1F)N(C)CC1CCC1. The molecule has 1 aromatic carbocycles. The number of halogens is 2. The molecular weight excluding hydrogens is 248 g/mol. The van der Waals surface area contributed by atoms with Gasteiger partial charge in [0.05, 0.1) is 11.6 Å². The Labute approximate surface area is 112 Å². The molecule has 1 fully saturated rings. The predicted molar refractivity (Wildman–Crippen MR) is 70.1 cm³/mol. The van der Waals surface area contributed by atoms with Crippen LogP contribution in [0, 0.1) is 17.6 Å². The molecule has 1 saturated carbocycles. The summed E-state index contributed by atoms with van der Waals surface area (Å²) in [5.41, 5.74) is -0.0330. The molecule has 1 aromatic rings. The van der Waals surface area contributed by atoms with Crippen molar-refractivity contribution in [3.8, 4) is 0 Å². The van der Waals surface area contributed by atoms with Crippen LogP contribution in [0.25, 0.3) is 0 Å². The lowest BCUT2D eigenvalue weighted by Crippen LogP contribution is -2.40. The Morgan fingerprint density at radius 1 is 1.42 bits per heavy atom. The Balaban J connectivity index is 2.04. The molecule has 104 valence electrons. The van der Waals surface area contributed by atoms with Crippen molar-refractivity contribution in [3.63, 3.8) is 0 Å². The minimum absolute atomic E-state index is 0.0330. The van der Waals surface area contributed by atoms with E-state index in [-0.39, 0.29) is 17.4 Å². The molecule has 0 spiro atoms. The highest BCUT2D eigenvalue weighted by atomic mass is 19.1. The molecule has 0 N–H and O–H groups in total. The summed E-state index contributed by atoms with van der Waals surface area (Å²) < 4.78 is 26.4. The van der Waals surface area contributed by atoms with Crippen LogP contribution in [-0.4, -0.2) is 30.3 Å². The molecule has 2 nitrogen and oxygen atoms in total. The van der Waals surface area contributed by atoms with E-state index in [4.69, 9.17) is 0 Å². The van der Waals surface area contributed by atoms with Crippen molar-refractivity contribution in [2.24, 2.45) is 5.92 Å². The lowest BCUT2D eigenvalue weighted by atomic mass is 9.85. The Hall–Kier alpha value is -1.29. The molecule has 0 radical (unpaired) electrons. The Morgan fingerprint density at radius 3 is 2.63 bits per heavy atom. The summed E-state index contributed by atoms with van der Waals surface area (Å²) in [6, 6.07) is 2.71. The van der Waals surface area contributed by atoms with Crippen LogP contribution in [0.2, 0.25) is 0 Å². The largest absolute Gasteiger partial charge is 0.296 e. The summed E-state index contributed by atoms with van der Waals surface area (Å²) in [4.78, 5) is 14.2. The van der Waals surface area contributed by atoms with E-state index in [1.165, 1.54) is 25.3 Å². The number of carbonyl (C=O) groups excluding carboxylic acids is 1. The monoisotopic (exact) mass is 267 g/mol. The summed E-state index contributed by atoms with van der Waals surface area (Å²) >= 11 is 0. The van der Waals surface area contributed by atoms with E-state index >= 15 is 0 Å². The van der Waals surface area contributed by atoms with Crippen molar-refractivity contribution in [1.82, 2.24) is 4.90 Å². The molecule has 19 heavy (non-hydrogen) atoms. The Bertz CT molecular complexity index is 471. The third kappa shape index (κ3) is 3.18. The molecule has 4 heteroatoms. The molecular formula is C15H19F2NO. The van der Waals surface area contributed by atoms with Gasteiger partial charge in [-0.3, -0.25) is 9.69 Å². The minimum atomic E-state index is -0.783. The Morgan fingerprint density at radius 2 is 2.11 bits per heavy atom. The van der Waals surface area contributed by atoms with Crippen LogP contribution in [-0.2, 0) is 0 Å². The van der Waals surface area contributed by atoms with Crippen molar-refractivity contribution in [3.05, 3.63) is 35.4 Å². The quantitative estimate of drug-likeness (QED) is 0.763. The third-order valence-corrected chi connectivity index (χ3v) is 4.01. The highest BCUT2D eigenvalue weighted by molar-refractivity contribution is 6.00. The standard InChI is InChI=1S/C15H19F2NO/c1-10(18(2)9-11-4-3-5-11)15(19)13-7-6-12(16)8-14(13)17/h6-8,10-11H,3-5,9H2,1-2H3. The molecule has 2 rings (SSSR count). The average molecular weight is 267 g/mol. The lowest BCUT2D eigenvalue weighted by Gasteiger charge is -2.32. The molecule has 0 saturated heterocycles. The van der Waals surface area contributed by atoms with Crippen LogP contribution in [0.15, 0.2) is 18.2 Å². The van der Waals surface area contributed by atoms with Gasteiger partial charge >= 0.3 is 0 Å². The zero-order valence-electron chi connectivity index (χ0n) is 11.3. The number of carbonyl (C=O) groups is 1. The summed E-state index contributed by atoms with van der Waals surface area (Å²) in [5, 5.41) is 0. The first kappa shape index (κ1) is 14.1. The van der Waals surface area contributed by atoms with Crippen LogP contribution in [0.3, 0.4) is 0 Å². The van der Waals surface area contributed by atoms with Gasteiger partial charge in [-0.25, -0.2) is 8.78 Å². The summed E-state index contributed by atoms with van der Waals surface area (Å²) in [6.45, 7) is 2.62. The van der Waals surface area contributed by atoms with E-state index in [0.717, 1.165) is 18.7 Å². The fourth-order valence-electron chi connectivity index (χ4n) is 2.36. The van der Waals surface area contributed by atoms with Crippen LogP contribution in [0.5, 0.6) is 0 Å². The number of hydrogen-bond donors (Lipinski definition) is 0. The first-order valence-corrected chi connectivity index (χ1v) is 6.68. The maximum Gasteiger partial charge on any atom is 0.182 e. The highest BCUT2D eigenvalue weighted by Gasteiger charge is 2.26. The number of ketones is 1. The lowest BCUT2D eigenvalue weighted by molar-refractivity contribution is 0.0824. The Kier molecular flexibility index (Phi) is 4.30. The molecule has 0 bridgehead atoms. The maximum atomic E-state index is 13.6. The molecule has 1 aliphatic carbocycles. The fourth-order valence-corrected chi connectivity index (χ4v) is 2.36. The van der Waals surface area contributed by atoms with Crippen molar-refractivity contribution in [1.29, 1.82) is 0 Å². The van der Waals surface area contributed by atoms with Gasteiger partial charge in [0.25, 0.3) is 0 Å². The molecule has 0 aliphatic heterocycles. The number of likely N-dealkylation sites (N-methyl/N-ethyl adjacent to an activating group) is 1. The third-order valence-electron chi connectivity index (χ3n) is 4.01. The number of Topliss-reactive ketones (excluding diaryl/α,β-unsaturated/α-hetero) is 1. The molecule has 1 atom stereocenters. The second-order valence-corrected chi connectivity index (χ2v) is 5.40. The average Bonchev–Trinajstić information content (AvgIpc) is 2.32. The van der Waals surface area contributed by atoms with E-state index in [0.29, 0.717) is 5.92 Å². The van der Waals surface area contributed by atoms with E-state index in [1.54, 1.807) is 6.92 Å². The number of benzene rings is 1. The predicted octanol–water partition coefficient (Wildman–Crippen LogP) is 3.27. The van der Waals surface area contributed by atoms with Gasteiger partial charge in [0.2, 0.25) is 0 Å². The van der Waals surface area contributed by atoms with Gasteiger partial charge in [-0.1, -0.05) is 6.42 Å². The van der Waals surface area contributed by atoms with E-state index < -0.39 is 11.6 Å². The van der Waals surface area contributed by atoms with Gasteiger partial charge in [-0.05, 0) is 44.9 Å². The number of rotatable bonds is 5. The molecule has 0 aromatic heterocycles. The van der Waals surface area contributed by atoms with Crippen molar-refractivity contribution in [2.45, 2.75) is 32.2 Å². The minimum Gasteiger partial charge on any atom is -0.296 e. The van der Waals surface area contributed by atoms with Gasteiger partial charge in [-0.15, -0.1) is 0 Å². The first-order valence-electron chi connectivity index (χ1n) is 6.68. The summed E-state index contributed by atoms with van der Waals surface area (Å²) in [6.07, 6.45) is 3.67. The zero-order chi connectivity index (χ0) is 14.0.